The highest BCUT2D eigenvalue weighted by Gasteiger charge is 2.14. The first-order valence-electron chi connectivity index (χ1n) is 4.45. The van der Waals surface area contributed by atoms with Crippen molar-refractivity contribution < 1.29 is 0 Å². The van der Waals surface area contributed by atoms with Crippen LogP contribution in [0.5, 0.6) is 0 Å². The molecule has 0 radical (unpaired) electrons. The van der Waals surface area contributed by atoms with E-state index < -0.39 is 0 Å². The smallest absolute Gasteiger partial charge is 0.0904 e. The number of hydrogen-bond acceptors (Lipinski definition) is 1. The summed E-state index contributed by atoms with van der Waals surface area (Å²) >= 11 is 29.7. The molecule has 0 fully saturated rings. The predicted octanol–water partition coefficient (Wildman–Crippen LogP) is 6.02. The van der Waals surface area contributed by atoms with Gasteiger partial charge >= 0.3 is 0 Å². The molecule has 17 heavy (non-hydrogen) atoms. The van der Waals surface area contributed by atoms with Gasteiger partial charge in [-0.3, -0.25) is 4.98 Å². The Bertz CT molecular complexity index is 582. The molecule has 0 bridgehead atoms. The second-order valence-corrected chi connectivity index (χ2v) is 5.21. The summed E-state index contributed by atoms with van der Waals surface area (Å²) in [6.07, 6.45) is 1.49. The fourth-order valence-electron chi connectivity index (χ4n) is 1.32. The number of rotatable bonds is 1. The van der Waals surface area contributed by atoms with Crippen LogP contribution < -0.4 is 0 Å². The first-order valence-corrected chi connectivity index (χ1v) is 6.34. The molecular weight excluding hydrogens is 323 g/mol. The minimum atomic E-state index is 0.277. The molecule has 0 amide bonds. The molecule has 0 aliphatic rings. The molecule has 2 rings (SSSR count). The lowest BCUT2D eigenvalue weighted by molar-refractivity contribution is 1.33. The Balaban J connectivity index is 2.65. The van der Waals surface area contributed by atoms with Crippen LogP contribution in [0.1, 0.15) is 0 Å². The number of benzene rings is 1. The Morgan fingerprint density at radius 3 is 2.18 bits per heavy atom. The van der Waals surface area contributed by atoms with Gasteiger partial charge in [-0.1, -0.05) is 58.0 Å². The maximum absolute atomic E-state index is 6.10. The molecular formula is C11H4Cl5N. The van der Waals surface area contributed by atoms with Gasteiger partial charge in [0.1, 0.15) is 0 Å². The minimum Gasteiger partial charge on any atom is -0.253 e. The van der Waals surface area contributed by atoms with Gasteiger partial charge in [0.15, 0.2) is 0 Å². The molecule has 0 aliphatic carbocycles. The van der Waals surface area contributed by atoms with E-state index in [1.54, 1.807) is 18.2 Å². The molecule has 1 nitrogen and oxygen atoms in total. The van der Waals surface area contributed by atoms with Crippen LogP contribution in [0.4, 0.5) is 0 Å². The van der Waals surface area contributed by atoms with E-state index in [2.05, 4.69) is 4.98 Å². The summed E-state index contributed by atoms with van der Waals surface area (Å²) in [7, 11) is 0. The van der Waals surface area contributed by atoms with Gasteiger partial charge in [-0.15, -0.1) is 0 Å². The monoisotopic (exact) mass is 325 g/mol. The van der Waals surface area contributed by atoms with E-state index in [1.165, 1.54) is 6.20 Å². The zero-order chi connectivity index (χ0) is 12.6. The number of nitrogens with zero attached hydrogens (tertiary/aromatic N) is 1. The third kappa shape index (κ3) is 2.64. The normalized spacial score (nSPS) is 10.6. The van der Waals surface area contributed by atoms with Crippen LogP contribution in [0, 0.1) is 0 Å². The van der Waals surface area contributed by atoms with Gasteiger partial charge < -0.3 is 0 Å². The Hall–Kier alpha value is -0.180. The van der Waals surface area contributed by atoms with E-state index in [0.717, 1.165) is 0 Å². The van der Waals surface area contributed by atoms with Crippen molar-refractivity contribution in [1.82, 2.24) is 4.98 Å². The second kappa shape index (κ2) is 5.21. The van der Waals surface area contributed by atoms with Crippen molar-refractivity contribution in [1.29, 1.82) is 0 Å². The molecule has 1 heterocycles. The summed E-state index contributed by atoms with van der Waals surface area (Å²) in [6.45, 7) is 0. The van der Waals surface area contributed by atoms with Crippen LogP contribution in [0.3, 0.4) is 0 Å². The van der Waals surface area contributed by atoms with Gasteiger partial charge in [-0.05, 0) is 18.2 Å². The number of aromatic nitrogens is 1. The van der Waals surface area contributed by atoms with Crippen molar-refractivity contribution >= 4 is 58.0 Å². The van der Waals surface area contributed by atoms with Crippen molar-refractivity contribution in [2.24, 2.45) is 0 Å². The van der Waals surface area contributed by atoms with Gasteiger partial charge in [-0.2, -0.15) is 0 Å². The van der Waals surface area contributed by atoms with Crippen molar-refractivity contribution in [2.75, 3.05) is 0 Å². The molecule has 1 aromatic heterocycles. The molecule has 0 saturated heterocycles. The van der Waals surface area contributed by atoms with Crippen molar-refractivity contribution in [3.63, 3.8) is 0 Å². The SMILES string of the molecule is Clc1cnc(-c2ccc(Cl)c(Cl)c2Cl)c(Cl)c1. The van der Waals surface area contributed by atoms with Crippen LogP contribution >= 0.6 is 58.0 Å². The standard InChI is InChI=1S/C11H4Cl5N/c12-5-3-8(14)11(17-4-5)6-1-2-7(13)10(16)9(6)15/h1-4H. The van der Waals surface area contributed by atoms with Crippen LogP contribution in [-0.4, -0.2) is 4.98 Å². The van der Waals surface area contributed by atoms with Crippen LogP contribution in [0.2, 0.25) is 25.1 Å². The molecule has 0 unspecified atom stereocenters. The lowest BCUT2D eigenvalue weighted by atomic mass is 10.1. The fraction of sp³-hybridized carbons (Fsp3) is 0. The van der Waals surface area contributed by atoms with Crippen LogP contribution in [0.15, 0.2) is 24.4 Å². The molecule has 1 aromatic carbocycles. The van der Waals surface area contributed by atoms with Gasteiger partial charge in [0, 0.05) is 11.8 Å². The summed E-state index contributed by atoms with van der Waals surface area (Å²) in [5.41, 5.74) is 1.13. The number of pyridine rings is 1. The molecule has 0 aliphatic heterocycles. The maximum Gasteiger partial charge on any atom is 0.0904 e. The van der Waals surface area contributed by atoms with Gasteiger partial charge in [0.25, 0.3) is 0 Å². The topological polar surface area (TPSA) is 12.9 Å². The zero-order valence-corrected chi connectivity index (χ0v) is 11.9. The Morgan fingerprint density at radius 1 is 0.824 bits per heavy atom. The molecule has 0 saturated carbocycles. The average Bonchev–Trinajstić information content (AvgIpc) is 2.28. The molecule has 6 heteroatoms. The van der Waals surface area contributed by atoms with Crippen LogP contribution in [0.25, 0.3) is 11.3 Å². The molecule has 0 atom stereocenters. The third-order valence-electron chi connectivity index (χ3n) is 2.10. The number of halogens is 5. The van der Waals surface area contributed by atoms with Crippen molar-refractivity contribution in [3.8, 4) is 11.3 Å². The Morgan fingerprint density at radius 2 is 1.53 bits per heavy atom. The number of hydrogen-bond donors (Lipinski definition) is 0. The van der Waals surface area contributed by atoms with Gasteiger partial charge in [-0.25, -0.2) is 0 Å². The van der Waals surface area contributed by atoms with Crippen molar-refractivity contribution in [2.45, 2.75) is 0 Å². The summed E-state index contributed by atoms with van der Waals surface area (Å²) in [5, 5.41) is 1.83. The van der Waals surface area contributed by atoms with E-state index >= 15 is 0 Å². The quantitative estimate of drug-likeness (QED) is 0.584. The zero-order valence-electron chi connectivity index (χ0n) is 8.15. The maximum atomic E-state index is 6.10. The Kier molecular flexibility index (Phi) is 4.06. The summed E-state index contributed by atoms with van der Waals surface area (Å²) in [4.78, 5) is 4.13. The minimum absolute atomic E-state index is 0.277. The summed E-state index contributed by atoms with van der Waals surface area (Å²) in [5.74, 6) is 0. The fourth-order valence-corrected chi connectivity index (χ4v) is 2.43. The summed E-state index contributed by atoms with van der Waals surface area (Å²) < 4.78 is 0. The molecule has 0 N–H and O–H groups in total. The molecule has 88 valence electrons. The second-order valence-electron chi connectivity index (χ2n) is 3.21. The largest absolute Gasteiger partial charge is 0.253 e. The Labute approximate surface area is 123 Å². The van der Waals surface area contributed by atoms with E-state index in [1.807, 2.05) is 0 Å². The van der Waals surface area contributed by atoms with E-state index in [-0.39, 0.29) is 5.02 Å². The van der Waals surface area contributed by atoms with E-state index in [4.69, 9.17) is 58.0 Å². The lowest BCUT2D eigenvalue weighted by Crippen LogP contribution is -1.87. The first kappa shape index (κ1) is 13.3. The van der Waals surface area contributed by atoms with Crippen LogP contribution in [-0.2, 0) is 0 Å². The predicted molar refractivity (Wildman–Crippen MR) is 74.7 cm³/mol. The van der Waals surface area contributed by atoms with Crippen molar-refractivity contribution in [3.05, 3.63) is 49.5 Å². The molecule has 0 spiro atoms. The van der Waals surface area contributed by atoms with E-state index in [9.17, 15) is 0 Å². The highest BCUT2D eigenvalue weighted by molar-refractivity contribution is 6.49. The first-order chi connectivity index (χ1) is 8.00. The van der Waals surface area contributed by atoms with Gasteiger partial charge in [0.05, 0.1) is 30.8 Å². The van der Waals surface area contributed by atoms with E-state index in [0.29, 0.717) is 31.3 Å². The van der Waals surface area contributed by atoms with Gasteiger partial charge in [0.2, 0.25) is 0 Å². The highest BCUT2D eigenvalue weighted by Crippen LogP contribution is 2.39. The highest BCUT2D eigenvalue weighted by atomic mass is 35.5. The third-order valence-corrected chi connectivity index (χ3v) is 3.89. The average molecular weight is 327 g/mol. The lowest BCUT2D eigenvalue weighted by Gasteiger charge is -2.08. The summed E-state index contributed by atoms with van der Waals surface area (Å²) in [6, 6.07) is 4.93. The molecule has 2 aromatic rings.